The van der Waals surface area contributed by atoms with Gasteiger partial charge in [0.25, 0.3) is 0 Å². The molecule has 0 amide bonds. The van der Waals surface area contributed by atoms with Gasteiger partial charge in [0.05, 0.1) is 25.4 Å². The first kappa shape index (κ1) is 15.9. The van der Waals surface area contributed by atoms with Crippen molar-refractivity contribution in [1.29, 1.82) is 0 Å². The predicted octanol–water partition coefficient (Wildman–Crippen LogP) is 3.02. The summed E-state index contributed by atoms with van der Waals surface area (Å²) in [5, 5.41) is 0. The topological polar surface area (TPSA) is 27.7 Å². The Balaban J connectivity index is 3.27. The molecule has 0 rings (SSSR count). The smallest absolute Gasteiger partial charge is 0.0781 e. The molecule has 2 unspecified atom stereocenters. The number of rotatable bonds is 11. The Kier molecular flexibility index (Phi) is 11.3. The van der Waals surface area contributed by atoms with Gasteiger partial charge in [-0.1, -0.05) is 26.2 Å². The largest absolute Gasteiger partial charge is 0.382 e. The van der Waals surface area contributed by atoms with Gasteiger partial charge in [0.2, 0.25) is 0 Å². The molecule has 3 heteroatoms. The van der Waals surface area contributed by atoms with E-state index in [4.69, 9.17) is 14.2 Å². The van der Waals surface area contributed by atoms with E-state index < -0.39 is 0 Å². The highest BCUT2D eigenvalue weighted by Gasteiger charge is 2.06. The van der Waals surface area contributed by atoms with Gasteiger partial charge in [-0.3, -0.25) is 0 Å². The van der Waals surface area contributed by atoms with E-state index in [1.165, 1.54) is 19.3 Å². The monoisotopic (exact) mass is 232 g/mol. The Morgan fingerprint density at radius 1 is 0.875 bits per heavy atom. The first-order valence-corrected chi connectivity index (χ1v) is 6.42. The van der Waals surface area contributed by atoms with Gasteiger partial charge in [-0.2, -0.15) is 0 Å². The lowest BCUT2D eigenvalue weighted by molar-refractivity contribution is -0.0514. The Morgan fingerprint density at radius 2 is 1.56 bits per heavy atom. The van der Waals surface area contributed by atoms with Crippen molar-refractivity contribution in [2.24, 2.45) is 0 Å². The third-order valence-corrected chi connectivity index (χ3v) is 2.42. The lowest BCUT2D eigenvalue weighted by Crippen LogP contribution is -2.23. The average molecular weight is 232 g/mol. The standard InChI is InChI=1S/C13H28O3/c1-5-6-7-8-9-15-13(3)11-16-12(2)10-14-4/h12-13H,5-11H2,1-4H3. The van der Waals surface area contributed by atoms with Crippen molar-refractivity contribution in [3.05, 3.63) is 0 Å². The van der Waals surface area contributed by atoms with Crippen LogP contribution in [-0.4, -0.2) is 39.1 Å². The van der Waals surface area contributed by atoms with Crippen molar-refractivity contribution in [2.75, 3.05) is 26.9 Å². The maximum Gasteiger partial charge on any atom is 0.0781 e. The zero-order chi connectivity index (χ0) is 12.2. The average Bonchev–Trinajstić information content (AvgIpc) is 2.26. The molecule has 98 valence electrons. The summed E-state index contributed by atoms with van der Waals surface area (Å²) in [5.41, 5.74) is 0. The van der Waals surface area contributed by atoms with Crippen LogP contribution in [0.15, 0.2) is 0 Å². The molecule has 0 aliphatic heterocycles. The fourth-order valence-electron chi connectivity index (χ4n) is 1.44. The van der Waals surface area contributed by atoms with Gasteiger partial charge in [0, 0.05) is 13.7 Å². The van der Waals surface area contributed by atoms with Crippen LogP contribution < -0.4 is 0 Å². The predicted molar refractivity (Wildman–Crippen MR) is 66.8 cm³/mol. The lowest BCUT2D eigenvalue weighted by atomic mass is 10.2. The molecule has 0 bridgehead atoms. The number of methoxy groups -OCH3 is 1. The summed E-state index contributed by atoms with van der Waals surface area (Å²) < 4.78 is 16.2. The van der Waals surface area contributed by atoms with E-state index in [1.807, 2.05) is 6.92 Å². The van der Waals surface area contributed by atoms with Crippen molar-refractivity contribution < 1.29 is 14.2 Å². The molecule has 0 aliphatic carbocycles. The number of hydrogen-bond acceptors (Lipinski definition) is 3. The van der Waals surface area contributed by atoms with Crippen molar-refractivity contribution >= 4 is 0 Å². The molecule has 0 spiro atoms. The Labute approximate surface area is 100 Å². The molecule has 3 nitrogen and oxygen atoms in total. The molecule has 0 saturated carbocycles. The van der Waals surface area contributed by atoms with Gasteiger partial charge >= 0.3 is 0 Å². The Hall–Kier alpha value is -0.120. The highest BCUT2D eigenvalue weighted by Crippen LogP contribution is 2.02. The minimum Gasteiger partial charge on any atom is -0.382 e. The molecule has 0 fully saturated rings. The zero-order valence-corrected chi connectivity index (χ0v) is 11.3. The third kappa shape index (κ3) is 10.4. The van der Waals surface area contributed by atoms with E-state index in [1.54, 1.807) is 7.11 Å². The van der Waals surface area contributed by atoms with E-state index in [0.29, 0.717) is 13.2 Å². The van der Waals surface area contributed by atoms with Gasteiger partial charge in [-0.25, -0.2) is 0 Å². The number of hydrogen-bond donors (Lipinski definition) is 0. The fraction of sp³-hybridized carbons (Fsp3) is 1.00. The zero-order valence-electron chi connectivity index (χ0n) is 11.3. The van der Waals surface area contributed by atoms with E-state index in [2.05, 4.69) is 13.8 Å². The molecule has 0 aromatic heterocycles. The number of unbranched alkanes of at least 4 members (excludes halogenated alkanes) is 3. The van der Waals surface area contributed by atoms with Crippen molar-refractivity contribution in [3.8, 4) is 0 Å². The van der Waals surface area contributed by atoms with E-state index >= 15 is 0 Å². The quantitative estimate of drug-likeness (QED) is 0.512. The maximum atomic E-state index is 5.65. The van der Waals surface area contributed by atoms with E-state index in [0.717, 1.165) is 13.0 Å². The van der Waals surface area contributed by atoms with Crippen LogP contribution in [0.2, 0.25) is 0 Å². The minimum absolute atomic E-state index is 0.149. The molecular weight excluding hydrogens is 204 g/mol. The fourth-order valence-corrected chi connectivity index (χ4v) is 1.44. The number of ether oxygens (including phenoxy) is 3. The van der Waals surface area contributed by atoms with Gasteiger partial charge < -0.3 is 14.2 Å². The summed E-state index contributed by atoms with van der Waals surface area (Å²) in [5.74, 6) is 0. The van der Waals surface area contributed by atoms with Crippen LogP contribution in [0.3, 0.4) is 0 Å². The van der Waals surface area contributed by atoms with E-state index in [-0.39, 0.29) is 12.2 Å². The molecule has 0 aliphatic rings. The second-order valence-corrected chi connectivity index (χ2v) is 4.34. The molecule has 2 atom stereocenters. The second kappa shape index (κ2) is 11.4. The van der Waals surface area contributed by atoms with Crippen LogP contribution >= 0.6 is 0 Å². The van der Waals surface area contributed by atoms with Gasteiger partial charge in [0.15, 0.2) is 0 Å². The van der Waals surface area contributed by atoms with Gasteiger partial charge in [-0.15, -0.1) is 0 Å². The molecule has 0 saturated heterocycles. The normalized spacial score (nSPS) is 15.0. The van der Waals surface area contributed by atoms with Crippen molar-refractivity contribution in [2.45, 2.75) is 58.7 Å². The lowest BCUT2D eigenvalue weighted by Gasteiger charge is -2.17. The summed E-state index contributed by atoms with van der Waals surface area (Å²) in [6.45, 7) is 8.43. The molecule has 0 aromatic rings. The first-order valence-electron chi connectivity index (χ1n) is 6.42. The van der Waals surface area contributed by atoms with Crippen LogP contribution in [-0.2, 0) is 14.2 Å². The van der Waals surface area contributed by atoms with Crippen molar-refractivity contribution in [3.63, 3.8) is 0 Å². The van der Waals surface area contributed by atoms with Crippen LogP contribution in [0.1, 0.15) is 46.5 Å². The maximum absolute atomic E-state index is 5.65. The Bertz CT molecular complexity index is 139. The first-order chi connectivity index (χ1) is 7.70. The highest BCUT2D eigenvalue weighted by molar-refractivity contribution is 4.52. The van der Waals surface area contributed by atoms with Crippen LogP contribution in [0, 0.1) is 0 Å². The summed E-state index contributed by atoms with van der Waals surface area (Å²) in [6.07, 6.45) is 5.33. The summed E-state index contributed by atoms with van der Waals surface area (Å²) in [4.78, 5) is 0. The minimum atomic E-state index is 0.149. The van der Waals surface area contributed by atoms with Crippen LogP contribution in [0.4, 0.5) is 0 Å². The highest BCUT2D eigenvalue weighted by atomic mass is 16.6. The van der Waals surface area contributed by atoms with Gasteiger partial charge in [-0.05, 0) is 20.3 Å². The second-order valence-electron chi connectivity index (χ2n) is 4.34. The molecule has 0 radical (unpaired) electrons. The third-order valence-electron chi connectivity index (χ3n) is 2.42. The molecule has 0 heterocycles. The van der Waals surface area contributed by atoms with Crippen LogP contribution in [0.5, 0.6) is 0 Å². The van der Waals surface area contributed by atoms with Crippen molar-refractivity contribution in [1.82, 2.24) is 0 Å². The molecule has 0 aromatic carbocycles. The SMILES string of the molecule is CCCCCCOC(C)COC(C)COC. The summed E-state index contributed by atoms with van der Waals surface area (Å²) >= 11 is 0. The Morgan fingerprint density at radius 3 is 2.19 bits per heavy atom. The van der Waals surface area contributed by atoms with Gasteiger partial charge in [0.1, 0.15) is 0 Å². The summed E-state index contributed by atoms with van der Waals surface area (Å²) in [6, 6.07) is 0. The molecule has 16 heavy (non-hydrogen) atoms. The van der Waals surface area contributed by atoms with E-state index in [9.17, 15) is 0 Å². The summed E-state index contributed by atoms with van der Waals surface area (Å²) in [7, 11) is 1.69. The van der Waals surface area contributed by atoms with Crippen LogP contribution in [0.25, 0.3) is 0 Å². The molecule has 0 N–H and O–H groups in total. The molecular formula is C13H28O3.